The van der Waals surface area contributed by atoms with Gasteiger partial charge in [0.05, 0.1) is 29.5 Å². The summed E-state index contributed by atoms with van der Waals surface area (Å²) in [5.74, 6) is -0.240. The number of alkyl halides is 3. The van der Waals surface area contributed by atoms with Crippen LogP contribution < -0.4 is 15.6 Å². The Bertz CT molecular complexity index is 1420. The number of aromatic nitrogens is 3. The molecular formula is C23H17F3N4O3S. The lowest BCUT2D eigenvalue weighted by Crippen LogP contribution is -2.23. The number of methoxy groups -OCH3 is 1. The predicted octanol–water partition coefficient (Wildman–Crippen LogP) is 4.54. The van der Waals surface area contributed by atoms with Gasteiger partial charge in [0, 0.05) is 18.0 Å². The number of ether oxygens (including phenoxy) is 1. The van der Waals surface area contributed by atoms with Crippen LogP contribution in [0.3, 0.4) is 0 Å². The van der Waals surface area contributed by atoms with Crippen LogP contribution in [0.4, 0.5) is 18.9 Å². The number of halogens is 3. The molecule has 4 aromatic rings. The molecule has 0 unspecified atom stereocenters. The van der Waals surface area contributed by atoms with Crippen molar-refractivity contribution in [3.05, 3.63) is 82.8 Å². The first-order valence-corrected chi connectivity index (χ1v) is 10.9. The maximum atomic E-state index is 13.2. The molecule has 0 fully saturated rings. The van der Waals surface area contributed by atoms with Crippen LogP contribution in [0.15, 0.2) is 76.8 Å². The molecule has 0 aliphatic rings. The van der Waals surface area contributed by atoms with E-state index in [9.17, 15) is 22.8 Å². The van der Waals surface area contributed by atoms with E-state index >= 15 is 0 Å². The molecule has 4 rings (SSSR count). The maximum Gasteiger partial charge on any atom is 0.416 e. The molecule has 34 heavy (non-hydrogen) atoms. The summed E-state index contributed by atoms with van der Waals surface area (Å²) in [7, 11) is 1.50. The summed E-state index contributed by atoms with van der Waals surface area (Å²) < 4.78 is 45.4. The molecule has 2 aromatic carbocycles. The minimum atomic E-state index is -4.52. The highest BCUT2D eigenvalue weighted by molar-refractivity contribution is 7.99. The second kappa shape index (κ2) is 9.56. The third kappa shape index (κ3) is 5.04. The molecule has 0 radical (unpaired) electrons. The fraction of sp³-hybridized carbons (Fsp3) is 0.130. The zero-order valence-corrected chi connectivity index (χ0v) is 18.5. The van der Waals surface area contributed by atoms with Crippen molar-refractivity contribution in [2.75, 3.05) is 18.2 Å². The number of anilines is 1. The Morgan fingerprint density at radius 1 is 1.12 bits per heavy atom. The second-order valence-corrected chi connectivity index (χ2v) is 7.97. The van der Waals surface area contributed by atoms with Crippen LogP contribution in [-0.4, -0.2) is 33.3 Å². The van der Waals surface area contributed by atoms with Gasteiger partial charge in [-0.25, -0.2) is 9.97 Å². The van der Waals surface area contributed by atoms with Crippen molar-refractivity contribution in [3.8, 4) is 11.4 Å². The van der Waals surface area contributed by atoms with Gasteiger partial charge in [0.15, 0.2) is 10.8 Å². The number of thioether (sulfide) groups is 1. The summed E-state index contributed by atoms with van der Waals surface area (Å²) in [4.78, 5) is 34.3. The van der Waals surface area contributed by atoms with Crippen molar-refractivity contribution in [2.24, 2.45) is 0 Å². The van der Waals surface area contributed by atoms with Crippen LogP contribution in [0, 0.1) is 0 Å². The van der Waals surface area contributed by atoms with Gasteiger partial charge in [-0.05, 0) is 42.5 Å². The van der Waals surface area contributed by atoms with Crippen molar-refractivity contribution >= 4 is 34.4 Å². The van der Waals surface area contributed by atoms with Gasteiger partial charge in [0.25, 0.3) is 5.56 Å². The number of hydrogen-bond acceptors (Lipinski definition) is 6. The molecular weight excluding hydrogens is 469 g/mol. The van der Waals surface area contributed by atoms with Crippen LogP contribution >= 0.6 is 11.8 Å². The first-order valence-electron chi connectivity index (χ1n) is 9.88. The minimum absolute atomic E-state index is 0.0127. The lowest BCUT2D eigenvalue weighted by Gasteiger charge is -2.14. The Morgan fingerprint density at radius 2 is 1.91 bits per heavy atom. The van der Waals surface area contributed by atoms with Crippen LogP contribution in [-0.2, 0) is 11.0 Å². The fourth-order valence-corrected chi connectivity index (χ4v) is 3.98. The first-order chi connectivity index (χ1) is 16.3. The number of carbonyl (C=O) groups excluding carboxylic acids is 1. The van der Waals surface area contributed by atoms with E-state index in [0.29, 0.717) is 16.8 Å². The van der Waals surface area contributed by atoms with E-state index in [0.717, 1.165) is 23.9 Å². The summed E-state index contributed by atoms with van der Waals surface area (Å²) in [6.07, 6.45) is -3.02. The minimum Gasteiger partial charge on any atom is -0.497 e. The molecule has 2 aromatic heterocycles. The van der Waals surface area contributed by atoms with Gasteiger partial charge in [-0.3, -0.25) is 14.2 Å². The van der Waals surface area contributed by atoms with E-state index in [2.05, 4.69) is 15.3 Å². The molecule has 0 aliphatic carbocycles. The Morgan fingerprint density at radius 3 is 2.68 bits per heavy atom. The van der Waals surface area contributed by atoms with E-state index in [-0.39, 0.29) is 27.8 Å². The summed E-state index contributed by atoms with van der Waals surface area (Å²) in [6.45, 7) is 0. The number of carbonyl (C=O) groups is 1. The first kappa shape index (κ1) is 23.3. The largest absolute Gasteiger partial charge is 0.497 e. The zero-order valence-electron chi connectivity index (χ0n) is 17.7. The van der Waals surface area contributed by atoms with Gasteiger partial charge < -0.3 is 10.1 Å². The maximum absolute atomic E-state index is 13.2. The smallest absolute Gasteiger partial charge is 0.416 e. The molecule has 174 valence electrons. The lowest BCUT2D eigenvalue weighted by molar-refractivity contribution is -0.137. The highest BCUT2D eigenvalue weighted by Crippen LogP contribution is 2.31. The highest BCUT2D eigenvalue weighted by atomic mass is 32.2. The number of fused-ring (bicyclic) bond motifs is 1. The topological polar surface area (TPSA) is 86.1 Å². The van der Waals surface area contributed by atoms with Crippen LogP contribution in [0.5, 0.6) is 5.75 Å². The standard InChI is InChI=1S/C23H17F3N4O3S/c1-33-17-8-3-7-16(12-17)30-21(32)18-9-4-10-27-20(18)29-22(30)34-13-19(31)28-15-6-2-5-14(11-15)23(24,25)26/h2-12H,13H2,1H3,(H,28,31). The molecule has 1 N–H and O–H groups in total. The number of pyridine rings is 1. The summed E-state index contributed by atoms with van der Waals surface area (Å²) >= 11 is 0.958. The number of benzene rings is 2. The van der Waals surface area contributed by atoms with E-state index in [4.69, 9.17) is 4.74 Å². The average molecular weight is 486 g/mol. The van der Waals surface area contributed by atoms with Crippen molar-refractivity contribution in [1.29, 1.82) is 0 Å². The third-order valence-electron chi connectivity index (χ3n) is 4.73. The molecule has 0 spiro atoms. The summed E-state index contributed by atoms with van der Waals surface area (Å²) in [6, 6.07) is 14.3. The van der Waals surface area contributed by atoms with Crippen LogP contribution in [0.1, 0.15) is 5.56 Å². The lowest BCUT2D eigenvalue weighted by atomic mass is 10.2. The number of rotatable bonds is 6. The van der Waals surface area contributed by atoms with Crippen LogP contribution in [0.2, 0.25) is 0 Å². The number of hydrogen-bond donors (Lipinski definition) is 1. The molecule has 0 saturated heterocycles. The number of amides is 1. The third-order valence-corrected chi connectivity index (χ3v) is 5.67. The molecule has 1 amide bonds. The Kier molecular flexibility index (Phi) is 6.55. The molecule has 0 atom stereocenters. The number of nitrogens with zero attached hydrogens (tertiary/aromatic N) is 3. The normalized spacial score (nSPS) is 11.4. The Labute approximate surface area is 195 Å². The Hall–Kier alpha value is -3.86. The van der Waals surface area contributed by atoms with Crippen LogP contribution in [0.25, 0.3) is 16.7 Å². The van der Waals surface area contributed by atoms with Crippen molar-refractivity contribution < 1.29 is 22.7 Å². The molecule has 0 aliphatic heterocycles. The van der Waals surface area contributed by atoms with Gasteiger partial charge in [-0.1, -0.05) is 23.9 Å². The molecule has 7 nitrogen and oxygen atoms in total. The monoisotopic (exact) mass is 486 g/mol. The molecule has 0 saturated carbocycles. The van der Waals surface area contributed by atoms with E-state index in [1.165, 1.54) is 30.0 Å². The van der Waals surface area contributed by atoms with Gasteiger partial charge in [-0.15, -0.1) is 0 Å². The van der Waals surface area contributed by atoms with E-state index < -0.39 is 17.6 Å². The van der Waals surface area contributed by atoms with Crippen molar-refractivity contribution in [2.45, 2.75) is 11.3 Å². The van der Waals surface area contributed by atoms with Crippen molar-refractivity contribution in [1.82, 2.24) is 14.5 Å². The zero-order chi connectivity index (χ0) is 24.3. The molecule has 2 heterocycles. The molecule has 11 heteroatoms. The van der Waals surface area contributed by atoms with E-state index in [1.807, 2.05) is 0 Å². The van der Waals surface area contributed by atoms with Gasteiger partial charge in [0.1, 0.15) is 5.75 Å². The van der Waals surface area contributed by atoms with Gasteiger partial charge in [-0.2, -0.15) is 13.2 Å². The van der Waals surface area contributed by atoms with Gasteiger partial charge >= 0.3 is 6.18 Å². The second-order valence-electron chi connectivity index (χ2n) is 7.03. The quantitative estimate of drug-likeness (QED) is 0.318. The summed E-state index contributed by atoms with van der Waals surface area (Å²) in [5.41, 5.74) is -0.547. The predicted molar refractivity (Wildman–Crippen MR) is 122 cm³/mol. The highest BCUT2D eigenvalue weighted by Gasteiger charge is 2.30. The Balaban J connectivity index is 1.64. The SMILES string of the molecule is COc1cccc(-n2c(SCC(=O)Nc3cccc(C(F)(F)F)c3)nc3ncccc3c2=O)c1. The summed E-state index contributed by atoms with van der Waals surface area (Å²) in [5, 5.41) is 2.94. The fourth-order valence-electron chi connectivity index (χ4n) is 3.18. The van der Waals surface area contributed by atoms with Gasteiger partial charge in [0.2, 0.25) is 5.91 Å². The number of nitrogens with one attached hydrogen (secondary N) is 1. The average Bonchev–Trinajstić information content (AvgIpc) is 2.82. The van der Waals surface area contributed by atoms with E-state index in [1.54, 1.807) is 36.4 Å². The molecule has 0 bridgehead atoms. The van der Waals surface area contributed by atoms with Crippen molar-refractivity contribution in [3.63, 3.8) is 0 Å².